The Hall–Kier alpha value is -9.52. The van der Waals surface area contributed by atoms with Gasteiger partial charge in [-0.2, -0.15) is 0 Å². The quantitative estimate of drug-likeness (QED) is 0.166. The fraction of sp³-hybridized carbons (Fsp3) is 0.0154. The van der Waals surface area contributed by atoms with Crippen molar-refractivity contribution in [1.29, 1.82) is 0 Å². The molecule has 0 saturated heterocycles. The number of furan rings is 1. The number of fused-ring (bicyclic) bond motifs is 14. The molecule has 13 aromatic rings. The molecule has 0 saturated carbocycles. The van der Waals surface area contributed by atoms with Crippen molar-refractivity contribution in [2.75, 3.05) is 0 Å². The Labute approximate surface area is 408 Å². The molecule has 0 fully saturated rings. The number of para-hydroxylation sites is 4. The van der Waals surface area contributed by atoms with Crippen LogP contribution in [0, 0.1) is 0 Å². The number of rotatable bonds is 6. The molecule has 2 aliphatic rings. The van der Waals surface area contributed by atoms with Gasteiger partial charge >= 0.3 is 0 Å². The average Bonchev–Trinajstić information content (AvgIpc) is 4.19. The molecule has 330 valence electrons. The Morgan fingerprint density at radius 3 is 1.70 bits per heavy atom. The van der Waals surface area contributed by atoms with Crippen molar-refractivity contribution >= 4 is 33.0 Å². The molecule has 3 aromatic heterocycles. The van der Waals surface area contributed by atoms with Gasteiger partial charge in [0.05, 0.1) is 16.4 Å². The first-order valence-electron chi connectivity index (χ1n) is 24.0. The fourth-order valence-electron chi connectivity index (χ4n) is 11.7. The number of benzene rings is 10. The monoisotopic (exact) mass is 905 g/mol. The SMILES string of the molecule is c1ccc(-c2nc3ccccc3n2-c2cccc(-c3nc(-c4ccc(-c5cccc6c5oc5ccccc56)cc4)nc(-c4cccc5c4-c4ccccc4C54c5ccccc5-c5ccccc54)n3)c2)cc1. The molecule has 2 aliphatic carbocycles. The summed E-state index contributed by atoms with van der Waals surface area (Å²) < 4.78 is 8.70. The normalized spacial score (nSPS) is 12.9. The van der Waals surface area contributed by atoms with Crippen LogP contribution < -0.4 is 0 Å². The van der Waals surface area contributed by atoms with E-state index in [-0.39, 0.29) is 0 Å². The summed E-state index contributed by atoms with van der Waals surface area (Å²) in [5, 5.41) is 2.20. The van der Waals surface area contributed by atoms with Crippen LogP contribution in [-0.2, 0) is 5.41 Å². The highest BCUT2D eigenvalue weighted by Crippen LogP contribution is 2.63. The van der Waals surface area contributed by atoms with Gasteiger partial charge in [0.15, 0.2) is 17.5 Å². The summed E-state index contributed by atoms with van der Waals surface area (Å²) in [6, 6.07) is 83.6. The summed E-state index contributed by atoms with van der Waals surface area (Å²) in [5.41, 5.74) is 19.8. The minimum absolute atomic E-state index is 0.509. The lowest BCUT2D eigenvalue weighted by Gasteiger charge is -2.30. The topological polar surface area (TPSA) is 69.6 Å². The standard InChI is InChI=1S/C65H39N5O/c1-2-17-42(18-3-1)64-66-56-32-11-12-33-57(56)70(64)44-20-14-19-43(39-44)62-67-61(41-37-35-40(36-38-41)45-25-15-26-49-48-23-7-13-34-58(48)71-60(45)49)68-63(69-62)51-27-16-31-55-59(51)50-24-6-10-30-54(50)65(55)52-28-8-4-21-46(52)47-22-5-9-29-53(47)65/h1-39H. The zero-order valence-corrected chi connectivity index (χ0v) is 38.2. The Kier molecular flexibility index (Phi) is 8.47. The van der Waals surface area contributed by atoms with Crippen LogP contribution in [0.4, 0.5) is 0 Å². The molecule has 0 N–H and O–H groups in total. The van der Waals surface area contributed by atoms with Crippen LogP contribution in [0.1, 0.15) is 22.3 Å². The lowest BCUT2D eigenvalue weighted by molar-refractivity contribution is 0.670. The molecular weight excluding hydrogens is 867 g/mol. The van der Waals surface area contributed by atoms with Gasteiger partial charge in [-0.15, -0.1) is 0 Å². The van der Waals surface area contributed by atoms with Gasteiger partial charge in [-0.1, -0.05) is 206 Å². The minimum atomic E-state index is -0.509. The minimum Gasteiger partial charge on any atom is -0.455 e. The highest BCUT2D eigenvalue weighted by molar-refractivity contribution is 6.09. The molecule has 6 nitrogen and oxygen atoms in total. The number of aromatic nitrogens is 5. The van der Waals surface area contributed by atoms with Crippen LogP contribution in [0.25, 0.3) is 118 Å². The van der Waals surface area contributed by atoms with Crippen LogP contribution >= 0.6 is 0 Å². The second-order valence-electron chi connectivity index (χ2n) is 18.5. The van der Waals surface area contributed by atoms with E-state index in [1.807, 2.05) is 24.3 Å². The Morgan fingerprint density at radius 1 is 0.352 bits per heavy atom. The summed E-state index contributed by atoms with van der Waals surface area (Å²) in [7, 11) is 0. The van der Waals surface area contributed by atoms with Gasteiger partial charge in [-0.25, -0.2) is 19.9 Å². The maximum absolute atomic E-state index is 6.47. The van der Waals surface area contributed by atoms with Crippen LogP contribution in [0.5, 0.6) is 0 Å². The smallest absolute Gasteiger partial charge is 0.164 e. The Balaban J connectivity index is 0.940. The maximum atomic E-state index is 6.47. The fourth-order valence-corrected chi connectivity index (χ4v) is 11.7. The first-order chi connectivity index (χ1) is 35.2. The van der Waals surface area contributed by atoms with Gasteiger partial charge in [0, 0.05) is 44.3 Å². The highest BCUT2D eigenvalue weighted by Gasteiger charge is 2.52. The van der Waals surface area contributed by atoms with Gasteiger partial charge in [-0.3, -0.25) is 4.57 Å². The van der Waals surface area contributed by atoms with Gasteiger partial charge in [0.1, 0.15) is 17.0 Å². The summed E-state index contributed by atoms with van der Waals surface area (Å²) >= 11 is 0. The van der Waals surface area contributed by atoms with Crippen molar-refractivity contribution in [3.63, 3.8) is 0 Å². The molecule has 6 heteroatoms. The lowest BCUT2D eigenvalue weighted by Crippen LogP contribution is -2.25. The first kappa shape index (κ1) is 39.5. The third-order valence-electron chi connectivity index (χ3n) is 14.7. The van der Waals surface area contributed by atoms with E-state index in [2.05, 4.69) is 217 Å². The molecule has 10 aromatic carbocycles. The second-order valence-corrected chi connectivity index (χ2v) is 18.5. The second kappa shape index (κ2) is 15.2. The molecule has 15 rings (SSSR count). The number of imidazole rings is 1. The molecule has 0 aliphatic heterocycles. The Morgan fingerprint density at radius 2 is 0.901 bits per heavy atom. The van der Waals surface area contributed by atoms with E-state index in [4.69, 9.17) is 24.4 Å². The summed E-state index contributed by atoms with van der Waals surface area (Å²) in [6.07, 6.45) is 0. The number of hydrogen-bond donors (Lipinski definition) is 0. The molecule has 71 heavy (non-hydrogen) atoms. The van der Waals surface area contributed by atoms with E-state index >= 15 is 0 Å². The molecular formula is C65H39N5O. The van der Waals surface area contributed by atoms with Crippen LogP contribution in [-0.4, -0.2) is 24.5 Å². The number of nitrogens with zero attached hydrogens (tertiary/aromatic N) is 5. The zero-order chi connectivity index (χ0) is 46.6. The van der Waals surface area contributed by atoms with E-state index in [0.29, 0.717) is 17.5 Å². The van der Waals surface area contributed by atoms with Crippen LogP contribution in [0.2, 0.25) is 0 Å². The van der Waals surface area contributed by atoms with Gasteiger partial charge in [0.25, 0.3) is 0 Å². The van der Waals surface area contributed by atoms with E-state index in [1.165, 1.54) is 38.9 Å². The van der Waals surface area contributed by atoms with Crippen molar-refractivity contribution in [3.05, 3.63) is 259 Å². The van der Waals surface area contributed by atoms with Crippen molar-refractivity contribution < 1.29 is 4.42 Å². The molecule has 0 unspecified atom stereocenters. The third-order valence-corrected chi connectivity index (χ3v) is 14.7. The molecule has 3 heterocycles. The molecule has 0 radical (unpaired) electrons. The molecule has 0 bridgehead atoms. The maximum Gasteiger partial charge on any atom is 0.164 e. The summed E-state index contributed by atoms with van der Waals surface area (Å²) in [5.74, 6) is 2.62. The average molecular weight is 906 g/mol. The van der Waals surface area contributed by atoms with E-state index in [0.717, 1.165) is 83.4 Å². The van der Waals surface area contributed by atoms with E-state index in [9.17, 15) is 0 Å². The van der Waals surface area contributed by atoms with E-state index in [1.54, 1.807) is 0 Å². The highest BCUT2D eigenvalue weighted by atomic mass is 16.3. The van der Waals surface area contributed by atoms with Crippen molar-refractivity contribution in [1.82, 2.24) is 24.5 Å². The molecule has 0 atom stereocenters. The van der Waals surface area contributed by atoms with Gasteiger partial charge in [-0.05, 0) is 80.4 Å². The summed E-state index contributed by atoms with van der Waals surface area (Å²) in [4.78, 5) is 21.4. The molecule has 1 spiro atoms. The van der Waals surface area contributed by atoms with Crippen molar-refractivity contribution in [3.8, 4) is 84.6 Å². The lowest BCUT2D eigenvalue weighted by atomic mass is 9.70. The Bertz CT molecular complexity index is 4250. The predicted molar refractivity (Wildman–Crippen MR) is 285 cm³/mol. The zero-order valence-electron chi connectivity index (χ0n) is 38.2. The van der Waals surface area contributed by atoms with E-state index < -0.39 is 5.41 Å². The first-order valence-corrected chi connectivity index (χ1v) is 24.0. The van der Waals surface area contributed by atoms with Gasteiger partial charge < -0.3 is 4.42 Å². The number of hydrogen-bond acceptors (Lipinski definition) is 5. The third kappa shape index (κ3) is 5.76. The van der Waals surface area contributed by atoms with Crippen LogP contribution in [0.15, 0.2) is 241 Å². The van der Waals surface area contributed by atoms with Crippen molar-refractivity contribution in [2.24, 2.45) is 0 Å². The van der Waals surface area contributed by atoms with Gasteiger partial charge in [0.2, 0.25) is 0 Å². The largest absolute Gasteiger partial charge is 0.455 e. The summed E-state index contributed by atoms with van der Waals surface area (Å²) in [6.45, 7) is 0. The van der Waals surface area contributed by atoms with Crippen LogP contribution in [0.3, 0.4) is 0 Å². The molecule has 0 amide bonds. The predicted octanol–water partition coefficient (Wildman–Crippen LogP) is 15.8. The van der Waals surface area contributed by atoms with Crippen molar-refractivity contribution in [2.45, 2.75) is 5.41 Å².